The van der Waals surface area contributed by atoms with E-state index in [0.717, 1.165) is 28.1 Å². The molecule has 0 spiro atoms. The molecule has 7 aromatic carbocycles. The summed E-state index contributed by atoms with van der Waals surface area (Å²) in [6.07, 6.45) is 0. The smallest absolute Gasteiger partial charge is 0.326 e. The van der Waals surface area contributed by atoms with Crippen LogP contribution in [0.2, 0.25) is 10.0 Å². The zero-order valence-corrected chi connectivity index (χ0v) is 40.5. The van der Waals surface area contributed by atoms with E-state index in [9.17, 15) is 44.1 Å². The Kier molecular flexibility index (Phi) is 13.8. The minimum Gasteiger partial charge on any atom is -0.480 e. The maximum Gasteiger partial charge on any atom is 0.326 e. The van der Waals surface area contributed by atoms with Crippen LogP contribution in [0.25, 0.3) is 65.4 Å². The number of rotatable bonds is 8. The van der Waals surface area contributed by atoms with Crippen LogP contribution in [-0.2, 0) is 20.9 Å². The molecule has 0 radical (unpaired) electrons. The second kappa shape index (κ2) is 20.0. The van der Waals surface area contributed by atoms with Crippen molar-refractivity contribution in [1.82, 2.24) is 13.7 Å². The van der Waals surface area contributed by atoms with Gasteiger partial charge in [-0.25, -0.2) is 9.59 Å². The molecule has 4 N–H and O–H groups in total. The summed E-state index contributed by atoms with van der Waals surface area (Å²) in [5.41, 5.74) is 7.78. The third-order valence-electron chi connectivity index (χ3n) is 12.3. The Morgan fingerprint density at radius 2 is 0.817 bits per heavy atom. The maximum atomic E-state index is 12.9. The highest BCUT2D eigenvalue weighted by Gasteiger charge is 2.22. The van der Waals surface area contributed by atoms with E-state index in [4.69, 9.17) is 23.2 Å². The molecule has 10 rings (SSSR count). The average Bonchev–Trinajstić information content (AvgIpc) is 3.33. The molecule has 0 unspecified atom stereocenters. The predicted molar refractivity (Wildman–Crippen MR) is 283 cm³/mol. The number of aryl methyl sites for hydroxylation is 3. The first-order valence-electron chi connectivity index (χ1n) is 22.4. The molecule has 358 valence electrons. The van der Waals surface area contributed by atoms with Crippen molar-refractivity contribution in [3.05, 3.63) is 197 Å². The van der Waals surface area contributed by atoms with Crippen LogP contribution >= 0.6 is 23.2 Å². The molecular weight excluding hydrogens is 944 g/mol. The minimum absolute atomic E-state index is 0.0566. The van der Waals surface area contributed by atoms with Gasteiger partial charge in [-0.05, 0) is 154 Å². The van der Waals surface area contributed by atoms with Crippen LogP contribution in [0, 0.1) is 20.8 Å². The molecule has 0 fully saturated rings. The molecule has 13 nitrogen and oxygen atoms in total. The summed E-state index contributed by atoms with van der Waals surface area (Å²) in [6.45, 7) is 8.72. The van der Waals surface area contributed by atoms with E-state index in [0.29, 0.717) is 75.5 Å². The number of halogens is 2. The molecule has 0 amide bonds. The lowest BCUT2D eigenvalue weighted by molar-refractivity contribution is -0.141. The van der Waals surface area contributed by atoms with Crippen LogP contribution in [0.15, 0.2) is 154 Å². The van der Waals surface area contributed by atoms with Gasteiger partial charge in [0, 0.05) is 53.7 Å². The number of nitrogens with one attached hydrogen (secondary N) is 1. The summed E-state index contributed by atoms with van der Waals surface area (Å²) < 4.78 is 5.01. The summed E-state index contributed by atoms with van der Waals surface area (Å²) in [4.78, 5) is 72.7. The van der Waals surface area contributed by atoms with Gasteiger partial charge in [0.25, 0.3) is 0 Å². The molecule has 0 aliphatic rings. The molecule has 0 aliphatic carbocycles. The lowest BCUT2D eigenvalue weighted by Gasteiger charge is -2.19. The van der Waals surface area contributed by atoms with Gasteiger partial charge in [-0.1, -0.05) is 59.6 Å². The molecule has 10 aromatic rings. The molecule has 3 heterocycles. The highest BCUT2D eigenvalue weighted by molar-refractivity contribution is 6.31. The van der Waals surface area contributed by atoms with E-state index in [1.807, 2.05) is 93.6 Å². The number of carbonyl (C=O) groups is 3. The summed E-state index contributed by atoms with van der Waals surface area (Å²) in [6, 6.07) is 39.6. The fourth-order valence-electron chi connectivity index (χ4n) is 8.81. The topological polar surface area (TPSA) is 190 Å². The monoisotopic (exact) mass is 988 g/mol. The Morgan fingerprint density at radius 1 is 0.465 bits per heavy atom. The van der Waals surface area contributed by atoms with Crippen molar-refractivity contribution in [3.63, 3.8) is 0 Å². The van der Waals surface area contributed by atoms with Crippen molar-refractivity contribution < 1.29 is 29.7 Å². The summed E-state index contributed by atoms with van der Waals surface area (Å²) in [5, 5.41) is 35.4. The Labute approximate surface area is 415 Å². The van der Waals surface area contributed by atoms with E-state index in [-0.39, 0.29) is 22.8 Å². The quantitative estimate of drug-likeness (QED) is 0.107. The standard InChI is InChI=1S/C21H15ClN2O3.C18H17NO3.C17H14ClNO3/c22-13-6-8-16-18(10-13)24(12-20(25)26)19-11-15(7-9-17(19)21(16)27)23-14-4-2-1-3-5-14;1-10-4-6-13-15(8-10)19(12(3)18(21)22)16-9-11(2)5-7-14(16)17(13)20;1-9-3-5-12-14(7-9)19(10(2)17(21)22)15-8-11(18)4-6-13(15)16(12)20/h1-11,23H,12H2,(H,25,26);4-9,12H,1-3H3,(H,21,22);3-8,10H,1-2H3,(H,21,22)/t;12-;10-/m.10/s1. The molecule has 0 saturated heterocycles. The fraction of sp³-hybridized carbons (Fsp3) is 0.143. The lowest BCUT2D eigenvalue weighted by Crippen LogP contribution is -2.20. The number of para-hydroxylation sites is 1. The first-order valence-corrected chi connectivity index (χ1v) is 23.1. The van der Waals surface area contributed by atoms with E-state index in [1.165, 1.54) is 0 Å². The van der Waals surface area contributed by atoms with Gasteiger partial charge < -0.3 is 34.3 Å². The van der Waals surface area contributed by atoms with Crippen LogP contribution in [-0.4, -0.2) is 46.9 Å². The van der Waals surface area contributed by atoms with Gasteiger partial charge in [-0.15, -0.1) is 0 Å². The summed E-state index contributed by atoms with van der Waals surface area (Å²) in [5.74, 6) is -2.88. The summed E-state index contributed by atoms with van der Waals surface area (Å²) >= 11 is 12.1. The van der Waals surface area contributed by atoms with Crippen LogP contribution < -0.4 is 21.6 Å². The second-order valence-electron chi connectivity index (χ2n) is 17.3. The minimum atomic E-state index is -0.998. The van der Waals surface area contributed by atoms with Gasteiger partial charge in [0.1, 0.15) is 18.6 Å². The van der Waals surface area contributed by atoms with Crippen molar-refractivity contribution >= 4 is 118 Å². The number of fused-ring (bicyclic) bond motifs is 6. The number of benzene rings is 7. The van der Waals surface area contributed by atoms with Gasteiger partial charge in [0.05, 0.1) is 33.1 Å². The number of hydrogen-bond donors (Lipinski definition) is 4. The predicted octanol–water partition coefficient (Wildman–Crippen LogP) is 11.8. The van der Waals surface area contributed by atoms with E-state index in [1.54, 1.807) is 94.3 Å². The number of pyridine rings is 3. The molecule has 0 aliphatic heterocycles. The third kappa shape index (κ3) is 9.83. The van der Waals surface area contributed by atoms with Crippen molar-refractivity contribution in [2.45, 2.75) is 53.2 Å². The largest absolute Gasteiger partial charge is 0.480 e. The van der Waals surface area contributed by atoms with Crippen molar-refractivity contribution in [2.75, 3.05) is 5.32 Å². The van der Waals surface area contributed by atoms with Crippen molar-refractivity contribution in [2.24, 2.45) is 0 Å². The third-order valence-corrected chi connectivity index (χ3v) is 12.8. The van der Waals surface area contributed by atoms with Gasteiger partial charge in [-0.3, -0.25) is 19.2 Å². The Bertz CT molecular complexity index is 3700. The van der Waals surface area contributed by atoms with Crippen LogP contribution in [0.3, 0.4) is 0 Å². The molecular formula is C56H46Cl2N4O9. The highest BCUT2D eigenvalue weighted by atomic mass is 35.5. The van der Waals surface area contributed by atoms with Crippen LogP contribution in [0.1, 0.15) is 42.6 Å². The number of aromatic nitrogens is 3. The Balaban J connectivity index is 0.000000144. The summed E-state index contributed by atoms with van der Waals surface area (Å²) in [7, 11) is 0. The number of nitrogens with zero attached hydrogens (tertiary/aromatic N) is 3. The molecule has 0 bridgehead atoms. The first kappa shape index (κ1) is 49.2. The normalized spacial score (nSPS) is 12.0. The number of anilines is 2. The van der Waals surface area contributed by atoms with Gasteiger partial charge in [0.2, 0.25) is 0 Å². The Hall–Kier alpha value is -8.26. The average molecular weight is 990 g/mol. The zero-order chi connectivity index (χ0) is 51.0. The number of aliphatic carboxylic acids is 3. The number of carboxylic acid groups (broad SMARTS) is 3. The van der Waals surface area contributed by atoms with Crippen LogP contribution in [0.5, 0.6) is 0 Å². The fourth-order valence-corrected chi connectivity index (χ4v) is 9.15. The van der Waals surface area contributed by atoms with E-state index in [2.05, 4.69) is 5.32 Å². The van der Waals surface area contributed by atoms with E-state index < -0.39 is 30.0 Å². The van der Waals surface area contributed by atoms with E-state index >= 15 is 0 Å². The van der Waals surface area contributed by atoms with Gasteiger partial charge in [-0.2, -0.15) is 0 Å². The lowest BCUT2D eigenvalue weighted by atomic mass is 10.0. The SMILES string of the molecule is Cc1ccc2c(=O)c3ccc(C)cc3n([C@H](C)C(=O)O)c2c1.Cc1ccc2c(=O)c3ccc(Cl)cc3n([C@@H](C)C(=O)O)c2c1.O=C(O)Cn1c2cc(Cl)ccc2c(=O)c2ccc(Nc3ccccc3)cc21. The highest BCUT2D eigenvalue weighted by Crippen LogP contribution is 2.29. The number of carboxylic acids is 3. The van der Waals surface area contributed by atoms with Gasteiger partial charge >= 0.3 is 17.9 Å². The zero-order valence-electron chi connectivity index (χ0n) is 39.0. The molecule has 3 aromatic heterocycles. The van der Waals surface area contributed by atoms with Crippen LogP contribution in [0.4, 0.5) is 11.4 Å². The van der Waals surface area contributed by atoms with Crippen molar-refractivity contribution in [3.8, 4) is 0 Å². The molecule has 15 heteroatoms. The molecule has 2 atom stereocenters. The molecule has 71 heavy (non-hydrogen) atoms. The van der Waals surface area contributed by atoms with Gasteiger partial charge in [0.15, 0.2) is 16.3 Å². The Morgan fingerprint density at radius 3 is 1.23 bits per heavy atom. The second-order valence-corrected chi connectivity index (χ2v) is 18.2. The first-order chi connectivity index (χ1) is 33.8. The van der Waals surface area contributed by atoms with Crippen molar-refractivity contribution in [1.29, 1.82) is 0 Å². The number of hydrogen-bond acceptors (Lipinski definition) is 7. The molecule has 0 saturated carbocycles. The maximum absolute atomic E-state index is 12.9.